The van der Waals surface area contributed by atoms with E-state index in [1.54, 1.807) is 0 Å². The fourth-order valence-corrected chi connectivity index (χ4v) is 2.23. The summed E-state index contributed by atoms with van der Waals surface area (Å²) in [5, 5.41) is 0. The molecular formula is C15H27NO2. The number of ether oxygens (including phenoxy) is 1. The maximum Gasteiger partial charge on any atom is 0.320 e. The number of rotatable bonds is 6. The van der Waals surface area contributed by atoms with Gasteiger partial charge >= 0.3 is 5.97 Å². The van der Waals surface area contributed by atoms with Gasteiger partial charge in [0.15, 0.2) is 0 Å². The lowest BCUT2D eigenvalue weighted by atomic mass is 10.1. The molecule has 0 aromatic rings. The van der Waals surface area contributed by atoms with Crippen LogP contribution in [-0.2, 0) is 9.53 Å². The van der Waals surface area contributed by atoms with Crippen molar-refractivity contribution in [3.63, 3.8) is 0 Å². The lowest BCUT2D eigenvalue weighted by Gasteiger charge is -2.25. The van der Waals surface area contributed by atoms with Crippen molar-refractivity contribution in [1.29, 1.82) is 0 Å². The average Bonchev–Trinajstić information content (AvgIpc) is 2.29. The summed E-state index contributed by atoms with van der Waals surface area (Å²) in [6, 6.07) is 0. The van der Waals surface area contributed by atoms with Crippen molar-refractivity contribution in [2.45, 2.75) is 59.0 Å². The summed E-state index contributed by atoms with van der Waals surface area (Å²) < 4.78 is 5.43. The van der Waals surface area contributed by atoms with E-state index in [2.05, 4.69) is 24.8 Å². The molecule has 104 valence electrons. The Hall–Kier alpha value is -0.830. The predicted molar refractivity (Wildman–Crippen MR) is 74.5 cm³/mol. The molecule has 0 radical (unpaired) electrons. The Morgan fingerprint density at radius 3 is 2.56 bits per heavy atom. The summed E-state index contributed by atoms with van der Waals surface area (Å²) >= 11 is 0. The number of carbonyl (C=O) groups is 1. The molecule has 0 aliphatic carbocycles. The SMILES string of the molecule is CC(C)=CCC[C@@H](C)OC(=O)CN1CCCCC1. The number of hydrogen-bond donors (Lipinski definition) is 0. The molecule has 0 N–H and O–H groups in total. The third-order valence-electron chi connectivity index (χ3n) is 3.26. The summed E-state index contributed by atoms with van der Waals surface area (Å²) in [7, 11) is 0. The highest BCUT2D eigenvalue weighted by Gasteiger charge is 2.16. The van der Waals surface area contributed by atoms with Gasteiger partial charge in [-0.3, -0.25) is 9.69 Å². The number of hydrogen-bond acceptors (Lipinski definition) is 3. The van der Waals surface area contributed by atoms with Crippen molar-refractivity contribution in [3.05, 3.63) is 11.6 Å². The van der Waals surface area contributed by atoms with Crippen LogP contribution >= 0.6 is 0 Å². The first kappa shape index (κ1) is 15.2. The second kappa shape index (κ2) is 8.30. The number of piperidine rings is 1. The number of likely N-dealkylation sites (tertiary alicyclic amines) is 1. The first-order chi connectivity index (χ1) is 8.58. The third-order valence-corrected chi connectivity index (χ3v) is 3.26. The van der Waals surface area contributed by atoms with E-state index in [9.17, 15) is 4.79 Å². The first-order valence-electron chi connectivity index (χ1n) is 7.13. The highest BCUT2D eigenvalue weighted by atomic mass is 16.5. The van der Waals surface area contributed by atoms with E-state index in [-0.39, 0.29) is 12.1 Å². The molecule has 1 rings (SSSR count). The van der Waals surface area contributed by atoms with Gasteiger partial charge in [0.2, 0.25) is 0 Å². The predicted octanol–water partition coefficient (Wildman–Crippen LogP) is 3.15. The van der Waals surface area contributed by atoms with Crippen molar-refractivity contribution >= 4 is 5.97 Å². The van der Waals surface area contributed by atoms with Gasteiger partial charge in [-0.1, -0.05) is 18.1 Å². The van der Waals surface area contributed by atoms with Crippen LogP contribution in [0.3, 0.4) is 0 Å². The van der Waals surface area contributed by atoms with Gasteiger partial charge in [0.1, 0.15) is 0 Å². The van der Waals surface area contributed by atoms with Crippen molar-refractivity contribution in [3.8, 4) is 0 Å². The summed E-state index contributed by atoms with van der Waals surface area (Å²) in [4.78, 5) is 13.9. The molecule has 1 aliphatic heterocycles. The molecule has 18 heavy (non-hydrogen) atoms. The Kier molecular flexibility index (Phi) is 7.02. The van der Waals surface area contributed by atoms with Gasteiger partial charge in [0, 0.05) is 0 Å². The summed E-state index contributed by atoms with van der Waals surface area (Å²) in [5.74, 6) is -0.0680. The van der Waals surface area contributed by atoms with E-state index in [4.69, 9.17) is 4.74 Å². The van der Waals surface area contributed by atoms with Crippen LogP contribution in [0.2, 0.25) is 0 Å². The molecule has 3 nitrogen and oxygen atoms in total. The molecule has 0 aromatic carbocycles. The zero-order chi connectivity index (χ0) is 13.4. The molecule has 0 amide bonds. The Balaban J connectivity index is 2.16. The Bertz CT molecular complexity index is 276. The lowest BCUT2D eigenvalue weighted by Crippen LogP contribution is -2.36. The topological polar surface area (TPSA) is 29.5 Å². The van der Waals surface area contributed by atoms with Gasteiger partial charge in [-0.15, -0.1) is 0 Å². The molecule has 3 heteroatoms. The molecule has 1 atom stereocenters. The zero-order valence-corrected chi connectivity index (χ0v) is 12.1. The standard InChI is InChI=1S/C15H27NO2/c1-13(2)8-7-9-14(3)18-15(17)12-16-10-5-4-6-11-16/h8,14H,4-7,9-12H2,1-3H3/t14-/m1/s1. The van der Waals surface area contributed by atoms with Crippen LogP contribution in [0.15, 0.2) is 11.6 Å². The molecule has 1 saturated heterocycles. The van der Waals surface area contributed by atoms with E-state index in [0.717, 1.165) is 25.9 Å². The molecule has 1 heterocycles. The Labute approximate surface area is 111 Å². The van der Waals surface area contributed by atoms with Crippen LogP contribution in [0.5, 0.6) is 0 Å². The van der Waals surface area contributed by atoms with Gasteiger partial charge in [-0.05, 0) is 59.5 Å². The quantitative estimate of drug-likeness (QED) is 0.538. The molecule has 0 saturated carbocycles. The minimum atomic E-state index is -0.0680. The number of nitrogens with zero attached hydrogens (tertiary/aromatic N) is 1. The van der Waals surface area contributed by atoms with Crippen LogP contribution in [0.4, 0.5) is 0 Å². The largest absolute Gasteiger partial charge is 0.462 e. The fourth-order valence-electron chi connectivity index (χ4n) is 2.23. The van der Waals surface area contributed by atoms with Crippen LogP contribution in [0, 0.1) is 0 Å². The minimum absolute atomic E-state index is 0.0258. The second-order valence-corrected chi connectivity index (χ2v) is 5.50. The monoisotopic (exact) mass is 253 g/mol. The maximum atomic E-state index is 11.7. The molecule has 0 unspecified atom stereocenters. The molecule has 0 bridgehead atoms. The average molecular weight is 253 g/mol. The highest BCUT2D eigenvalue weighted by molar-refractivity contribution is 5.71. The van der Waals surface area contributed by atoms with E-state index in [1.165, 1.54) is 24.8 Å². The van der Waals surface area contributed by atoms with E-state index >= 15 is 0 Å². The van der Waals surface area contributed by atoms with Crippen LogP contribution < -0.4 is 0 Å². The molecule has 0 aromatic heterocycles. The molecule has 0 spiro atoms. The summed E-state index contributed by atoms with van der Waals surface area (Å²) in [6.07, 6.45) is 7.84. The highest BCUT2D eigenvalue weighted by Crippen LogP contribution is 2.09. The second-order valence-electron chi connectivity index (χ2n) is 5.50. The zero-order valence-electron chi connectivity index (χ0n) is 12.1. The van der Waals surface area contributed by atoms with Crippen molar-refractivity contribution in [1.82, 2.24) is 4.90 Å². The summed E-state index contributed by atoms with van der Waals surface area (Å²) in [6.45, 7) is 8.71. The van der Waals surface area contributed by atoms with Gasteiger partial charge in [-0.2, -0.15) is 0 Å². The smallest absolute Gasteiger partial charge is 0.320 e. The number of esters is 1. The van der Waals surface area contributed by atoms with Gasteiger partial charge in [0.05, 0.1) is 12.6 Å². The summed E-state index contributed by atoms with van der Waals surface area (Å²) in [5.41, 5.74) is 1.32. The van der Waals surface area contributed by atoms with E-state index in [0.29, 0.717) is 6.54 Å². The van der Waals surface area contributed by atoms with Gasteiger partial charge < -0.3 is 4.74 Å². The molecular weight excluding hydrogens is 226 g/mol. The third kappa shape index (κ3) is 6.80. The molecule has 1 fully saturated rings. The first-order valence-corrected chi connectivity index (χ1v) is 7.13. The van der Waals surface area contributed by atoms with Crippen LogP contribution in [-0.4, -0.2) is 36.6 Å². The minimum Gasteiger partial charge on any atom is -0.462 e. The van der Waals surface area contributed by atoms with Crippen LogP contribution in [0.25, 0.3) is 0 Å². The van der Waals surface area contributed by atoms with Crippen molar-refractivity contribution < 1.29 is 9.53 Å². The maximum absolute atomic E-state index is 11.7. The van der Waals surface area contributed by atoms with Gasteiger partial charge in [-0.25, -0.2) is 0 Å². The normalized spacial score (nSPS) is 18.2. The van der Waals surface area contributed by atoms with Crippen molar-refractivity contribution in [2.24, 2.45) is 0 Å². The lowest BCUT2D eigenvalue weighted by molar-refractivity contribution is -0.150. The number of carbonyl (C=O) groups excluding carboxylic acids is 1. The van der Waals surface area contributed by atoms with E-state index < -0.39 is 0 Å². The Morgan fingerprint density at radius 1 is 1.28 bits per heavy atom. The molecule has 1 aliphatic rings. The number of allylic oxidation sites excluding steroid dienone is 2. The van der Waals surface area contributed by atoms with Gasteiger partial charge in [0.25, 0.3) is 0 Å². The fraction of sp³-hybridized carbons (Fsp3) is 0.800. The van der Waals surface area contributed by atoms with Crippen molar-refractivity contribution in [2.75, 3.05) is 19.6 Å². The Morgan fingerprint density at radius 2 is 1.94 bits per heavy atom. The van der Waals surface area contributed by atoms with Crippen LogP contribution in [0.1, 0.15) is 52.9 Å². The van der Waals surface area contributed by atoms with E-state index in [1.807, 2.05) is 6.92 Å².